The molecule has 0 fully saturated rings. The Morgan fingerprint density at radius 3 is 2.44 bits per heavy atom. The van der Waals surface area contributed by atoms with Crippen molar-refractivity contribution in [1.82, 2.24) is 0 Å². The molecule has 0 aliphatic heterocycles. The van der Waals surface area contributed by atoms with Crippen LogP contribution in [0, 0.1) is 5.92 Å². The predicted octanol–water partition coefficient (Wildman–Crippen LogP) is 1.53. The molecule has 0 rings (SSSR count). The third-order valence-corrected chi connectivity index (χ3v) is 0.782. The Morgan fingerprint density at radius 1 is 1.56 bits per heavy atom. The zero-order valence-electron chi connectivity index (χ0n) is 6.26. The van der Waals surface area contributed by atoms with Crippen LogP contribution in [0.3, 0.4) is 0 Å². The summed E-state index contributed by atoms with van der Waals surface area (Å²) >= 11 is 0. The Morgan fingerprint density at radius 2 is 2.11 bits per heavy atom. The van der Waals surface area contributed by atoms with Gasteiger partial charge in [0, 0.05) is 6.21 Å². The van der Waals surface area contributed by atoms with Gasteiger partial charge >= 0.3 is 0 Å². The number of aliphatic imine (C=N–C) groups is 1. The number of nitrogens with two attached hydrogens (primary N) is 1. The van der Waals surface area contributed by atoms with E-state index in [1.54, 1.807) is 6.21 Å². The van der Waals surface area contributed by atoms with Crippen LogP contribution < -0.4 is 5.73 Å². The highest BCUT2D eigenvalue weighted by atomic mass is 14.9. The maximum atomic E-state index is 5.45. The molecule has 2 nitrogen and oxygen atoms in total. The minimum absolute atomic E-state index is 0.480. The third-order valence-electron chi connectivity index (χ3n) is 0.782. The van der Waals surface area contributed by atoms with Gasteiger partial charge in [-0.3, -0.25) is 0 Å². The summed E-state index contributed by atoms with van der Waals surface area (Å²) in [6.45, 7) is 5.98. The van der Waals surface area contributed by atoms with Gasteiger partial charge in [0.1, 0.15) is 5.82 Å². The fraction of sp³-hybridized carbons (Fsp3) is 0.571. The van der Waals surface area contributed by atoms with E-state index >= 15 is 0 Å². The number of allylic oxidation sites excluding steroid dienone is 1. The zero-order chi connectivity index (χ0) is 7.28. The Hall–Kier alpha value is -0.790. The van der Waals surface area contributed by atoms with Crippen LogP contribution in [-0.2, 0) is 0 Å². The molecule has 0 saturated heterocycles. The highest BCUT2D eigenvalue weighted by Gasteiger charge is 1.86. The topological polar surface area (TPSA) is 38.4 Å². The van der Waals surface area contributed by atoms with Gasteiger partial charge in [-0.2, -0.15) is 0 Å². The van der Waals surface area contributed by atoms with Crippen LogP contribution in [0.4, 0.5) is 0 Å². The van der Waals surface area contributed by atoms with Gasteiger partial charge in [-0.1, -0.05) is 13.8 Å². The van der Waals surface area contributed by atoms with Crippen LogP contribution in [0.5, 0.6) is 0 Å². The Bertz CT molecular complexity index is 123. The Labute approximate surface area is 56.5 Å². The van der Waals surface area contributed by atoms with Crippen molar-refractivity contribution in [3.05, 3.63) is 11.9 Å². The second kappa shape index (κ2) is 4.13. The Kier molecular flexibility index (Phi) is 3.76. The molecule has 0 aromatic rings. The predicted molar refractivity (Wildman–Crippen MR) is 41.3 cm³/mol. The van der Waals surface area contributed by atoms with Crippen LogP contribution in [0.15, 0.2) is 16.9 Å². The lowest BCUT2D eigenvalue weighted by Gasteiger charge is -1.94. The molecule has 0 aromatic carbocycles. The molecule has 9 heavy (non-hydrogen) atoms. The van der Waals surface area contributed by atoms with Crippen LogP contribution in [-0.4, -0.2) is 6.21 Å². The molecule has 52 valence electrons. The SMILES string of the molecule is CC=N/C(N)=C\C(C)C. The molecule has 0 spiro atoms. The lowest BCUT2D eigenvalue weighted by molar-refractivity contribution is 0.817. The van der Waals surface area contributed by atoms with Crippen LogP contribution in [0.25, 0.3) is 0 Å². The first-order valence-corrected chi connectivity index (χ1v) is 3.12. The van der Waals surface area contributed by atoms with E-state index in [0.29, 0.717) is 11.7 Å². The number of hydrogen-bond acceptors (Lipinski definition) is 2. The molecular weight excluding hydrogens is 112 g/mol. The molecule has 0 radical (unpaired) electrons. The summed E-state index contributed by atoms with van der Waals surface area (Å²) < 4.78 is 0. The van der Waals surface area contributed by atoms with Crippen LogP contribution >= 0.6 is 0 Å². The minimum Gasteiger partial charge on any atom is -0.384 e. The van der Waals surface area contributed by atoms with Gasteiger partial charge in [0.15, 0.2) is 0 Å². The maximum absolute atomic E-state index is 5.45. The quantitative estimate of drug-likeness (QED) is 0.560. The second-order valence-corrected chi connectivity index (χ2v) is 2.22. The summed E-state index contributed by atoms with van der Waals surface area (Å²) in [4.78, 5) is 3.88. The maximum Gasteiger partial charge on any atom is 0.119 e. The largest absolute Gasteiger partial charge is 0.384 e. The number of rotatable bonds is 2. The van der Waals surface area contributed by atoms with Crippen molar-refractivity contribution >= 4 is 6.21 Å². The van der Waals surface area contributed by atoms with E-state index in [1.165, 1.54) is 0 Å². The first-order chi connectivity index (χ1) is 4.16. The van der Waals surface area contributed by atoms with E-state index in [4.69, 9.17) is 5.73 Å². The summed E-state index contributed by atoms with van der Waals surface area (Å²) in [6.07, 6.45) is 3.61. The molecule has 0 unspecified atom stereocenters. The zero-order valence-corrected chi connectivity index (χ0v) is 6.26. The van der Waals surface area contributed by atoms with Crippen molar-refractivity contribution in [2.24, 2.45) is 16.6 Å². The van der Waals surface area contributed by atoms with Crippen molar-refractivity contribution in [2.75, 3.05) is 0 Å². The first kappa shape index (κ1) is 8.21. The number of hydrogen-bond donors (Lipinski definition) is 1. The summed E-state index contributed by atoms with van der Waals surface area (Å²) in [5.74, 6) is 1.08. The van der Waals surface area contributed by atoms with E-state index < -0.39 is 0 Å². The van der Waals surface area contributed by atoms with Crippen molar-refractivity contribution < 1.29 is 0 Å². The molecule has 0 aliphatic carbocycles. The molecule has 0 aliphatic rings. The van der Waals surface area contributed by atoms with Gasteiger partial charge in [-0.15, -0.1) is 0 Å². The highest BCUT2D eigenvalue weighted by molar-refractivity contribution is 5.54. The van der Waals surface area contributed by atoms with E-state index in [1.807, 2.05) is 13.0 Å². The van der Waals surface area contributed by atoms with Crippen LogP contribution in [0.2, 0.25) is 0 Å². The van der Waals surface area contributed by atoms with Crippen LogP contribution in [0.1, 0.15) is 20.8 Å². The van der Waals surface area contributed by atoms with Crippen molar-refractivity contribution in [3.8, 4) is 0 Å². The monoisotopic (exact) mass is 126 g/mol. The van der Waals surface area contributed by atoms with Gasteiger partial charge in [0.25, 0.3) is 0 Å². The average Bonchev–Trinajstić information content (AvgIpc) is 1.63. The molecule has 0 bridgehead atoms. The smallest absolute Gasteiger partial charge is 0.119 e. The van der Waals surface area contributed by atoms with Crippen molar-refractivity contribution in [1.29, 1.82) is 0 Å². The standard InChI is InChI=1S/C7H14N2/c1-4-9-7(8)5-6(2)3/h4-6H,8H2,1-3H3/b7-5-,9-4?. The van der Waals surface area contributed by atoms with E-state index in [-0.39, 0.29) is 0 Å². The van der Waals surface area contributed by atoms with Gasteiger partial charge in [0.2, 0.25) is 0 Å². The summed E-state index contributed by atoms with van der Waals surface area (Å²) in [7, 11) is 0. The van der Waals surface area contributed by atoms with Gasteiger partial charge in [0.05, 0.1) is 0 Å². The fourth-order valence-corrected chi connectivity index (χ4v) is 0.534. The van der Waals surface area contributed by atoms with E-state index in [2.05, 4.69) is 18.8 Å². The third kappa shape index (κ3) is 5.07. The molecule has 0 aromatic heterocycles. The van der Waals surface area contributed by atoms with Crippen molar-refractivity contribution in [2.45, 2.75) is 20.8 Å². The second-order valence-electron chi connectivity index (χ2n) is 2.22. The van der Waals surface area contributed by atoms with Gasteiger partial charge < -0.3 is 5.73 Å². The average molecular weight is 126 g/mol. The molecule has 0 amide bonds. The molecule has 2 N–H and O–H groups in total. The van der Waals surface area contributed by atoms with Crippen molar-refractivity contribution in [3.63, 3.8) is 0 Å². The summed E-state index contributed by atoms with van der Waals surface area (Å²) in [5.41, 5.74) is 5.45. The van der Waals surface area contributed by atoms with E-state index in [9.17, 15) is 0 Å². The molecule has 0 atom stereocenters. The lowest BCUT2D eigenvalue weighted by Crippen LogP contribution is -1.95. The lowest BCUT2D eigenvalue weighted by atomic mass is 10.2. The first-order valence-electron chi connectivity index (χ1n) is 3.12. The van der Waals surface area contributed by atoms with Gasteiger partial charge in [-0.05, 0) is 18.9 Å². The molecule has 0 saturated carbocycles. The minimum atomic E-state index is 0.480. The fourth-order valence-electron chi connectivity index (χ4n) is 0.534. The number of nitrogens with zero attached hydrogens (tertiary/aromatic N) is 1. The van der Waals surface area contributed by atoms with Gasteiger partial charge in [-0.25, -0.2) is 4.99 Å². The molecular formula is C7H14N2. The van der Waals surface area contributed by atoms with E-state index in [0.717, 1.165) is 0 Å². The summed E-state index contributed by atoms with van der Waals surface area (Å²) in [5, 5.41) is 0. The highest BCUT2D eigenvalue weighted by Crippen LogP contribution is 1.96. The Balaban J connectivity index is 3.84. The molecule has 2 heteroatoms. The summed E-state index contributed by atoms with van der Waals surface area (Å²) in [6, 6.07) is 0. The normalized spacial score (nSPS) is 13.6. The molecule has 0 heterocycles.